The number of primary amides is 1. The molecule has 1 aliphatic heterocycles. The number of rotatable bonds is 8. The van der Waals surface area contributed by atoms with Gasteiger partial charge in [-0.25, -0.2) is 5.43 Å². The summed E-state index contributed by atoms with van der Waals surface area (Å²) >= 11 is 0. The monoisotopic (exact) mass is 464 g/mol. The summed E-state index contributed by atoms with van der Waals surface area (Å²) in [7, 11) is 0. The third-order valence-corrected chi connectivity index (χ3v) is 5.88. The van der Waals surface area contributed by atoms with Crippen molar-refractivity contribution in [1.29, 1.82) is 0 Å². The van der Waals surface area contributed by atoms with E-state index in [9.17, 15) is 4.79 Å². The smallest absolute Gasteiger partial charge is 0.226 e. The Morgan fingerprint density at radius 1 is 1.12 bits per heavy atom. The normalized spacial score (nSPS) is 14.2. The minimum atomic E-state index is -0.641. The number of fused-ring (bicyclic) bond motifs is 1. The molecule has 2 aromatic rings. The van der Waals surface area contributed by atoms with Crippen molar-refractivity contribution in [3.8, 4) is 0 Å². The molecule has 1 heterocycles. The highest BCUT2D eigenvalue weighted by molar-refractivity contribution is 6.06. The number of nitrogens with two attached hydrogens (primary N) is 2. The number of nitrogens with one attached hydrogen (secondary N) is 3. The van der Waals surface area contributed by atoms with Crippen LogP contribution in [0.5, 0.6) is 0 Å². The molecule has 0 aliphatic carbocycles. The lowest BCUT2D eigenvalue weighted by Crippen LogP contribution is -2.27. The number of benzene rings is 2. The quantitative estimate of drug-likeness (QED) is 0.355. The van der Waals surface area contributed by atoms with E-state index in [4.69, 9.17) is 16.5 Å². The van der Waals surface area contributed by atoms with Crippen molar-refractivity contribution in [1.82, 2.24) is 5.43 Å². The Bertz CT molecular complexity index is 1060. The Hall–Kier alpha value is -3.32. The number of carbonyl (C=O) groups excluding carboxylic acids is 1. The topological polar surface area (TPSA) is 118 Å². The Kier molecular flexibility index (Phi) is 10.1. The van der Waals surface area contributed by atoms with E-state index in [1.807, 2.05) is 50.2 Å². The van der Waals surface area contributed by atoms with E-state index in [1.54, 1.807) is 6.92 Å². The third-order valence-electron chi connectivity index (χ3n) is 5.88. The standard InChI is InChI=1S/C23H30N6O.C4H10/c1-5-26-18-9-7-6-8-16(18)15(4)28-22(21(24)14(3)23(25)30)20-13(2)10-11-19-17(20)12-27-29-19;1-3-4-2/h6-11,14,26-27,29H,5,12,24H2,1-4H3,(H2,25,30);3-4H2,1-2H3/b22-21+,28-15?;. The van der Waals surface area contributed by atoms with Gasteiger partial charge in [0.1, 0.15) is 0 Å². The van der Waals surface area contributed by atoms with Crippen LogP contribution in [-0.4, -0.2) is 18.2 Å². The first-order chi connectivity index (χ1) is 16.3. The van der Waals surface area contributed by atoms with Gasteiger partial charge in [0.2, 0.25) is 5.91 Å². The van der Waals surface area contributed by atoms with Crippen molar-refractivity contribution in [2.45, 2.75) is 60.9 Å². The van der Waals surface area contributed by atoms with E-state index < -0.39 is 11.8 Å². The van der Waals surface area contributed by atoms with Crippen molar-refractivity contribution in [2.75, 3.05) is 17.3 Å². The summed E-state index contributed by atoms with van der Waals surface area (Å²) in [4.78, 5) is 16.9. The van der Waals surface area contributed by atoms with Crippen molar-refractivity contribution < 1.29 is 4.79 Å². The minimum absolute atomic E-state index is 0.367. The van der Waals surface area contributed by atoms with Crippen LogP contribution in [0.3, 0.4) is 0 Å². The molecule has 1 atom stereocenters. The average Bonchev–Trinajstić information content (AvgIpc) is 3.31. The molecular formula is C27H40N6O. The molecule has 0 spiro atoms. The summed E-state index contributed by atoms with van der Waals surface area (Å²) in [6, 6.07) is 12.1. The summed E-state index contributed by atoms with van der Waals surface area (Å²) < 4.78 is 0. The first-order valence-electron chi connectivity index (χ1n) is 12.1. The summed E-state index contributed by atoms with van der Waals surface area (Å²) in [5.41, 5.74) is 26.1. The highest BCUT2D eigenvalue weighted by Gasteiger charge is 2.24. The summed E-state index contributed by atoms with van der Waals surface area (Å²) in [5, 5.41) is 3.37. The van der Waals surface area contributed by atoms with Crippen molar-refractivity contribution in [3.05, 3.63) is 64.3 Å². The molecule has 0 bridgehead atoms. The van der Waals surface area contributed by atoms with Gasteiger partial charge < -0.3 is 22.2 Å². The minimum Gasteiger partial charge on any atom is -0.400 e. The maximum Gasteiger partial charge on any atom is 0.226 e. The van der Waals surface area contributed by atoms with Crippen LogP contribution < -0.4 is 27.6 Å². The molecule has 184 valence electrons. The first kappa shape index (κ1) is 26.9. The van der Waals surface area contributed by atoms with E-state index >= 15 is 0 Å². The lowest BCUT2D eigenvalue weighted by Gasteiger charge is -2.18. The molecule has 0 saturated heterocycles. The van der Waals surface area contributed by atoms with Crippen molar-refractivity contribution in [2.24, 2.45) is 22.4 Å². The fourth-order valence-electron chi connectivity index (χ4n) is 3.62. The number of aliphatic imine (C=N–C) groups is 1. The van der Waals surface area contributed by atoms with Gasteiger partial charge in [0.05, 0.1) is 17.3 Å². The molecule has 1 aliphatic rings. The van der Waals surface area contributed by atoms with Crippen molar-refractivity contribution in [3.63, 3.8) is 0 Å². The van der Waals surface area contributed by atoms with Crippen LogP contribution in [0.25, 0.3) is 5.70 Å². The molecule has 0 aromatic heterocycles. The summed E-state index contributed by atoms with van der Waals surface area (Å²) in [6.45, 7) is 13.5. The van der Waals surface area contributed by atoms with Crippen LogP contribution in [0, 0.1) is 12.8 Å². The maximum absolute atomic E-state index is 11.9. The largest absolute Gasteiger partial charge is 0.400 e. The number of hydrogen-bond donors (Lipinski definition) is 5. The van der Waals surface area contributed by atoms with Crippen LogP contribution >= 0.6 is 0 Å². The SMILES string of the molecule is CCCC.CCNc1ccccc1C(C)=N/C(=C(/N)C(C)C(N)=O)c1c(C)ccc2c1CNN2. The molecular weight excluding hydrogens is 424 g/mol. The van der Waals surface area contributed by atoms with Gasteiger partial charge in [-0.3, -0.25) is 9.79 Å². The highest BCUT2D eigenvalue weighted by atomic mass is 16.1. The van der Waals surface area contributed by atoms with E-state index in [2.05, 4.69) is 36.9 Å². The second-order valence-electron chi connectivity index (χ2n) is 8.46. The Morgan fingerprint density at radius 2 is 1.79 bits per heavy atom. The molecule has 1 unspecified atom stereocenters. The second-order valence-corrected chi connectivity index (χ2v) is 8.46. The lowest BCUT2D eigenvalue weighted by atomic mass is 9.93. The third kappa shape index (κ3) is 6.38. The van der Waals surface area contributed by atoms with Crippen LogP contribution in [0.15, 0.2) is 47.1 Å². The fraction of sp³-hybridized carbons (Fsp3) is 0.407. The fourth-order valence-corrected chi connectivity index (χ4v) is 3.62. The zero-order chi connectivity index (χ0) is 25.3. The number of carbonyl (C=O) groups is 1. The van der Waals surface area contributed by atoms with E-state index in [0.717, 1.165) is 45.9 Å². The van der Waals surface area contributed by atoms with Gasteiger partial charge in [0.25, 0.3) is 0 Å². The zero-order valence-corrected chi connectivity index (χ0v) is 21.4. The molecule has 0 radical (unpaired) electrons. The molecule has 34 heavy (non-hydrogen) atoms. The highest BCUT2D eigenvalue weighted by Crippen LogP contribution is 2.35. The lowest BCUT2D eigenvalue weighted by molar-refractivity contribution is -0.120. The number of amides is 1. The Morgan fingerprint density at radius 3 is 2.41 bits per heavy atom. The predicted molar refractivity (Wildman–Crippen MR) is 145 cm³/mol. The number of aryl methyl sites for hydroxylation is 1. The molecule has 7 nitrogen and oxygen atoms in total. The second kappa shape index (κ2) is 12.8. The van der Waals surface area contributed by atoms with Gasteiger partial charge in [-0.05, 0) is 45.4 Å². The number of hydrazine groups is 1. The number of hydrogen-bond acceptors (Lipinski definition) is 6. The van der Waals surface area contributed by atoms with Gasteiger partial charge in [-0.1, -0.05) is 51.0 Å². The number of para-hydroxylation sites is 1. The van der Waals surface area contributed by atoms with E-state index in [0.29, 0.717) is 17.9 Å². The molecule has 3 rings (SSSR count). The zero-order valence-electron chi connectivity index (χ0n) is 21.4. The van der Waals surface area contributed by atoms with Gasteiger partial charge in [-0.15, -0.1) is 0 Å². The molecule has 0 saturated carbocycles. The molecule has 0 fully saturated rings. The molecule has 7 N–H and O–H groups in total. The number of unbranched alkanes of at least 4 members (excludes halogenated alkanes) is 1. The molecule has 7 heteroatoms. The van der Waals surface area contributed by atoms with Crippen LogP contribution in [0.2, 0.25) is 0 Å². The molecule has 1 amide bonds. The molecule has 2 aromatic carbocycles. The van der Waals surface area contributed by atoms with Crippen LogP contribution in [-0.2, 0) is 11.3 Å². The Labute approximate surface area is 204 Å². The van der Waals surface area contributed by atoms with Gasteiger partial charge in [-0.2, -0.15) is 0 Å². The first-order valence-corrected chi connectivity index (χ1v) is 12.1. The predicted octanol–water partition coefficient (Wildman–Crippen LogP) is 4.92. The van der Waals surface area contributed by atoms with E-state index in [1.165, 1.54) is 12.8 Å². The van der Waals surface area contributed by atoms with Gasteiger partial charge >= 0.3 is 0 Å². The Balaban J connectivity index is 0.000000945. The maximum atomic E-state index is 11.9. The summed E-state index contributed by atoms with van der Waals surface area (Å²) in [6.07, 6.45) is 2.64. The van der Waals surface area contributed by atoms with Gasteiger partial charge in [0, 0.05) is 46.9 Å². The van der Waals surface area contributed by atoms with Crippen molar-refractivity contribution >= 4 is 28.7 Å². The van der Waals surface area contributed by atoms with E-state index in [-0.39, 0.29) is 0 Å². The van der Waals surface area contributed by atoms with Gasteiger partial charge in [0.15, 0.2) is 0 Å². The van der Waals surface area contributed by atoms with Crippen LogP contribution in [0.4, 0.5) is 11.4 Å². The number of nitrogens with zero attached hydrogens (tertiary/aromatic N) is 1. The average molecular weight is 465 g/mol. The summed E-state index contributed by atoms with van der Waals surface area (Å²) in [5.74, 6) is -1.12. The van der Waals surface area contributed by atoms with Crippen LogP contribution in [0.1, 0.15) is 69.7 Å². The number of anilines is 2.